The minimum atomic E-state index is -1.52. The predicted molar refractivity (Wildman–Crippen MR) is 54.6 cm³/mol. The molecule has 0 aliphatic carbocycles. The number of hydrogen-bond acceptors (Lipinski definition) is 2. The summed E-state index contributed by atoms with van der Waals surface area (Å²) in [6.45, 7) is 4.00. The van der Waals surface area contributed by atoms with Crippen molar-refractivity contribution in [3.63, 3.8) is 0 Å². The zero-order chi connectivity index (χ0) is 9.68. The van der Waals surface area contributed by atoms with Crippen LogP contribution in [0.1, 0.15) is 18.9 Å². The molecule has 0 bridgehead atoms. The fourth-order valence-electron chi connectivity index (χ4n) is 0.945. The van der Waals surface area contributed by atoms with Crippen LogP contribution in [0.25, 0.3) is 0 Å². The van der Waals surface area contributed by atoms with E-state index in [1.54, 1.807) is 0 Å². The Morgan fingerprint density at radius 2 is 1.92 bits per heavy atom. The van der Waals surface area contributed by atoms with E-state index in [2.05, 4.69) is 0 Å². The summed E-state index contributed by atoms with van der Waals surface area (Å²) < 4.78 is 16.4. The van der Waals surface area contributed by atoms with Crippen LogP contribution in [0.2, 0.25) is 0 Å². The Hall–Kier alpha value is -0.880. The van der Waals surface area contributed by atoms with Gasteiger partial charge in [0.15, 0.2) is 11.9 Å². The summed E-state index contributed by atoms with van der Waals surface area (Å²) in [4.78, 5) is 0. The number of hydrogen-bond donors (Lipinski definition) is 0. The van der Waals surface area contributed by atoms with Gasteiger partial charge >= 0.3 is 8.03 Å². The molecule has 0 saturated carbocycles. The van der Waals surface area contributed by atoms with Crippen LogP contribution < -0.4 is 4.52 Å². The molecule has 0 saturated heterocycles. The molecule has 0 fully saturated rings. The number of benzene rings is 1. The monoisotopic (exact) mass is 197 g/mol. The van der Waals surface area contributed by atoms with Gasteiger partial charge in [-0.15, -0.1) is 0 Å². The van der Waals surface area contributed by atoms with Crippen LogP contribution in [0.5, 0.6) is 5.75 Å². The molecule has 1 rings (SSSR count). The van der Waals surface area contributed by atoms with Crippen LogP contribution in [0, 0.1) is 6.92 Å². The minimum absolute atomic E-state index is 0.628. The van der Waals surface area contributed by atoms with E-state index in [1.807, 2.05) is 38.1 Å². The highest BCUT2D eigenvalue weighted by molar-refractivity contribution is 7.39. The van der Waals surface area contributed by atoms with Crippen molar-refractivity contribution in [1.29, 1.82) is 0 Å². The Kier molecular flexibility index (Phi) is 3.91. The third kappa shape index (κ3) is 3.56. The van der Waals surface area contributed by atoms with Gasteiger partial charge in [0.1, 0.15) is 0 Å². The van der Waals surface area contributed by atoms with Crippen molar-refractivity contribution < 1.29 is 9.09 Å². The highest BCUT2D eigenvalue weighted by atomic mass is 31.1. The SMILES string of the molecule is CCC[P+](=O)Oc1ccc(C)cc1. The van der Waals surface area contributed by atoms with Crippen LogP contribution in [0.4, 0.5) is 0 Å². The van der Waals surface area contributed by atoms with Crippen LogP contribution >= 0.6 is 8.03 Å². The first kappa shape index (κ1) is 10.2. The molecule has 0 N–H and O–H groups in total. The molecule has 3 heteroatoms. The molecule has 70 valence electrons. The largest absolute Gasteiger partial charge is 0.555 e. The summed E-state index contributed by atoms with van der Waals surface area (Å²) in [5, 5.41) is 0. The Morgan fingerprint density at radius 1 is 1.31 bits per heavy atom. The molecule has 0 aliphatic heterocycles. The van der Waals surface area contributed by atoms with Crippen LogP contribution in [0.15, 0.2) is 24.3 Å². The van der Waals surface area contributed by atoms with Crippen molar-refractivity contribution in [2.45, 2.75) is 20.3 Å². The Balaban J connectivity index is 2.54. The first-order chi connectivity index (χ1) is 6.22. The summed E-state index contributed by atoms with van der Waals surface area (Å²) >= 11 is 0. The average Bonchev–Trinajstić information content (AvgIpc) is 2.09. The normalized spacial score (nSPS) is 11.1. The van der Waals surface area contributed by atoms with E-state index in [0.717, 1.165) is 6.42 Å². The first-order valence-corrected chi connectivity index (χ1v) is 5.78. The van der Waals surface area contributed by atoms with Crippen molar-refractivity contribution >= 4 is 8.03 Å². The van der Waals surface area contributed by atoms with Gasteiger partial charge in [-0.25, -0.2) is 0 Å². The molecule has 1 unspecified atom stereocenters. The molecular weight excluding hydrogens is 183 g/mol. The average molecular weight is 197 g/mol. The van der Waals surface area contributed by atoms with E-state index in [1.165, 1.54) is 5.56 Å². The third-order valence-corrected chi connectivity index (χ3v) is 2.86. The number of rotatable bonds is 4. The van der Waals surface area contributed by atoms with Gasteiger partial charge in [0.05, 0.1) is 0 Å². The van der Waals surface area contributed by atoms with Gasteiger partial charge in [-0.2, -0.15) is 0 Å². The van der Waals surface area contributed by atoms with Gasteiger partial charge in [-0.1, -0.05) is 24.6 Å². The smallest absolute Gasteiger partial charge is 0.254 e. The Bertz CT molecular complexity index is 279. The van der Waals surface area contributed by atoms with E-state index < -0.39 is 8.03 Å². The topological polar surface area (TPSA) is 26.3 Å². The second kappa shape index (κ2) is 4.98. The maximum absolute atomic E-state index is 11.2. The molecule has 0 spiro atoms. The van der Waals surface area contributed by atoms with Gasteiger partial charge < -0.3 is 0 Å². The Morgan fingerprint density at radius 3 is 2.46 bits per heavy atom. The second-order valence-electron chi connectivity index (χ2n) is 2.96. The maximum Gasteiger partial charge on any atom is 0.555 e. The van der Waals surface area contributed by atoms with E-state index in [0.29, 0.717) is 11.9 Å². The molecular formula is C10H14O2P+. The van der Waals surface area contributed by atoms with Gasteiger partial charge in [0.2, 0.25) is 0 Å². The lowest BCUT2D eigenvalue weighted by molar-refractivity contribution is 0.504. The van der Waals surface area contributed by atoms with Crippen LogP contribution in [-0.2, 0) is 4.57 Å². The Labute approximate surface area is 79.8 Å². The molecule has 2 nitrogen and oxygen atoms in total. The van der Waals surface area contributed by atoms with Crippen molar-refractivity contribution in [1.82, 2.24) is 0 Å². The molecule has 0 aliphatic rings. The van der Waals surface area contributed by atoms with Gasteiger partial charge in [-0.3, -0.25) is 4.52 Å². The highest BCUT2D eigenvalue weighted by Gasteiger charge is 2.16. The summed E-state index contributed by atoms with van der Waals surface area (Å²) in [5.74, 6) is 0.695. The fraction of sp³-hybridized carbons (Fsp3) is 0.400. The van der Waals surface area contributed by atoms with E-state index >= 15 is 0 Å². The minimum Gasteiger partial charge on any atom is -0.254 e. The quantitative estimate of drug-likeness (QED) is 0.690. The van der Waals surface area contributed by atoms with Crippen molar-refractivity contribution in [2.24, 2.45) is 0 Å². The highest BCUT2D eigenvalue weighted by Crippen LogP contribution is 2.27. The zero-order valence-corrected chi connectivity index (χ0v) is 8.88. The molecule has 1 aromatic rings. The maximum atomic E-state index is 11.2. The van der Waals surface area contributed by atoms with Gasteiger partial charge in [0, 0.05) is 0 Å². The third-order valence-electron chi connectivity index (χ3n) is 1.63. The molecule has 0 amide bonds. The first-order valence-electron chi connectivity index (χ1n) is 4.41. The second-order valence-corrected chi connectivity index (χ2v) is 4.26. The summed E-state index contributed by atoms with van der Waals surface area (Å²) in [7, 11) is -1.52. The van der Waals surface area contributed by atoms with E-state index in [4.69, 9.17) is 4.52 Å². The van der Waals surface area contributed by atoms with Crippen LogP contribution in [0.3, 0.4) is 0 Å². The number of aryl methyl sites for hydroxylation is 1. The summed E-state index contributed by atoms with van der Waals surface area (Å²) in [6.07, 6.45) is 1.52. The van der Waals surface area contributed by atoms with Crippen molar-refractivity contribution in [2.75, 3.05) is 6.16 Å². The summed E-state index contributed by atoms with van der Waals surface area (Å²) in [6, 6.07) is 7.59. The molecule has 0 radical (unpaired) electrons. The van der Waals surface area contributed by atoms with Crippen molar-refractivity contribution in [3.8, 4) is 5.75 Å². The standard InChI is InChI=1S/C10H14O2P/c1-3-8-13(11)12-10-6-4-9(2)5-7-10/h4-7H,3,8H2,1-2H3/q+1. The summed E-state index contributed by atoms with van der Waals surface area (Å²) in [5.41, 5.74) is 1.18. The molecule has 1 atom stereocenters. The van der Waals surface area contributed by atoms with Crippen LogP contribution in [-0.4, -0.2) is 6.16 Å². The van der Waals surface area contributed by atoms with E-state index in [9.17, 15) is 4.57 Å². The molecule has 0 aromatic heterocycles. The lowest BCUT2D eigenvalue weighted by Crippen LogP contribution is -1.84. The lowest BCUT2D eigenvalue weighted by Gasteiger charge is -1.93. The molecule has 13 heavy (non-hydrogen) atoms. The fourth-order valence-corrected chi connectivity index (χ4v) is 1.76. The van der Waals surface area contributed by atoms with E-state index in [-0.39, 0.29) is 0 Å². The molecule has 1 aromatic carbocycles. The lowest BCUT2D eigenvalue weighted by atomic mass is 10.2. The zero-order valence-electron chi connectivity index (χ0n) is 7.99. The molecule has 0 heterocycles. The van der Waals surface area contributed by atoms with Gasteiger partial charge in [0.25, 0.3) is 0 Å². The van der Waals surface area contributed by atoms with Crippen molar-refractivity contribution in [3.05, 3.63) is 29.8 Å². The van der Waals surface area contributed by atoms with Gasteiger partial charge in [-0.05, 0) is 30.0 Å². The predicted octanol–water partition coefficient (Wildman–Crippen LogP) is 3.53.